The third kappa shape index (κ3) is 3.58. The Hall–Kier alpha value is -1.34. The zero-order valence-corrected chi connectivity index (χ0v) is 10.5. The maximum absolute atomic E-state index is 12.2. The lowest BCUT2D eigenvalue weighted by Crippen LogP contribution is -2.57. The van der Waals surface area contributed by atoms with E-state index >= 15 is 0 Å². The summed E-state index contributed by atoms with van der Waals surface area (Å²) in [4.78, 5) is 26.1. The van der Waals surface area contributed by atoms with E-state index in [1.165, 1.54) is 9.80 Å². The summed E-state index contributed by atoms with van der Waals surface area (Å²) in [6, 6.07) is -1.29. The Morgan fingerprint density at radius 2 is 2.17 bits per heavy atom. The van der Waals surface area contributed by atoms with Gasteiger partial charge >= 0.3 is 12.0 Å². The van der Waals surface area contributed by atoms with Crippen LogP contribution in [0.1, 0.15) is 13.3 Å². The van der Waals surface area contributed by atoms with Crippen LogP contribution in [0.2, 0.25) is 0 Å². The summed E-state index contributed by atoms with van der Waals surface area (Å²) in [5.41, 5.74) is 0. The molecule has 7 heteroatoms. The molecule has 7 nitrogen and oxygen atoms in total. The van der Waals surface area contributed by atoms with Gasteiger partial charge in [0, 0.05) is 19.6 Å². The Labute approximate surface area is 106 Å². The lowest BCUT2D eigenvalue weighted by molar-refractivity contribution is -0.147. The highest BCUT2D eigenvalue weighted by Gasteiger charge is 2.34. The van der Waals surface area contributed by atoms with Gasteiger partial charge in [-0.1, -0.05) is 6.92 Å². The number of amides is 2. The summed E-state index contributed by atoms with van der Waals surface area (Å²) in [5.74, 6) is -1.07. The van der Waals surface area contributed by atoms with Gasteiger partial charge in [0.25, 0.3) is 0 Å². The number of rotatable bonds is 5. The topological polar surface area (TPSA) is 90.3 Å². The van der Waals surface area contributed by atoms with Crippen molar-refractivity contribution >= 4 is 12.0 Å². The van der Waals surface area contributed by atoms with Gasteiger partial charge in [0.05, 0.1) is 19.8 Å². The number of hydrogen-bond donors (Lipinski definition) is 2. The maximum Gasteiger partial charge on any atom is 0.328 e. The van der Waals surface area contributed by atoms with E-state index in [2.05, 4.69) is 0 Å². The molecular weight excluding hydrogens is 240 g/mol. The van der Waals surface area contributed by atoms with E-state index in [9.17, 15) is 9.59 Å². The minimum atomic E-state index is -1.07. The number of carbonyl (C=O) groups excluding carboxylic acids is 1. The van der Waals surface area contributed by atoms with E-state index in [0.29, 0.717) is 13.2 Å². The van der Waals surface area contributed by atoms with Crippen LogP contribution in [0, 0.1) is 0 Å². The number of ether oxygens (including phenoxy) is 1. The van der Waals surface area contributed by atoms with Gasteiger partial charge in [-0.25, -0.2) is 9.59 Å². The smallest absolute Gasteiger partial charge is 0.328 e. The highest BCUT2D eigenvalue weighted by molar-refractivity contribution is 5.83. The van der Waals surface area contributed by atoms with Crippen LogP contribution in [0.5, 0.6) is 0 Å². The fraction of sp³-hybridized carbons (Fsp3) is 0.818. The molecule has 1 aliphatic rings. The third-order valence-corrected chi connectivity index (χ3v) is 2.79. The Kier molecular flexibility index (Phi) is 5.87. The van der Waals surface area contributed by atoms with Crippen molar-refractivity contribution in [3.63, 3.8) is 0 Å². The highest BCUT2D eigenvalue weighted by atomic mass is 16.5. The van der Waals surface area contributed by atoms with Gasteiger partial charge < -0.3 is 24.7 Å². The van der Waals surface area contributed by atoms with E-state index in [-0.39, 0.29) is 32.3 Å². The molecule has 1 rings (SSSR count). The number of morpholine rings is 1. The lowest BCUT2D eigenvalue weighted by atomic mass is 10.2. The van der Waals surface area contributed by atoms with Gasteiger partial charge in [-0.2, -0.15) is 0 Å². The SMILES string of the molecule is CCCN(CCO)C(=O)N1CCOCC1C(=O)O. The molecule has 0 spiro atoms. The van der Waals surface area contributed by atoms with Crippen molar-refractivity contribution in [3.8, 4) is 0 Å². The molecule has 1 atom stereocenters. The molecule has 2 N–H and O–H groups in total. The van der Waals surface area contributed by atoms with Crippen LogP contribution < -0.4 is 0 Å². The summed E-state index contributed by atoms with van der Waals surface area (Å²) in [7, 11) is 0. The van der Waals surface area contributed by atoms with Crippen molar-refractivity contribution < 1.29 is 24.5 Å². The predicted molar refractivity (Wildman–Crippen MR) is 63.3 cm³/mol. The first-order valence-electron chi connectivity index (χ1n) is 6.08. The summed E-state index contributed by atoms with van der Waals surface area (Å²) in [6.07, 6.45) is 0.758. The third-order valence-electron chi connectivity index (χ3n) is 2.79. The van der Waals surface area contributed by atoms with Crippen molar-refractivity contribution in [1.29, 1.82) is 0 Å². The van der Waals surface area contributed by atoms with Crippen molar-refractivity contribution in [3.05, 3.63) is 0 Å². The van der Waals surface area contributed by atoms with Crippen LogP contribution in [-0.2, 0) is 9.53 Å². The molecule has 0 aromatic heterocycles. The van der Waals surface area contributed by atoms with Crippen LogP contribution >= 0.6 is 0 Å². The predicted octanol–water partition coefficient (Wildman–Crippen LogP) is -0.404. The van der Waals surface area contributed by atoms with Crippen molar-refractivity contribution in [1.82, 2.24) is 9.80 Å². The van der Waals surface area contributed by atoms with E-state index in [0.717, 1.165) is 6.42 Å². The number of carbonyl (C=O) groups is 2. The fourth-order valence-corrected chi connectivity index (χ4v) is 1.91. The van der Waals surface area contributed by atoms with Crippen LogP contribution in [0.25, 0.3) is 0 Å². The number of aliphatic hydroxyl groups excluding tert-OH is 1. The summed E-state index contributed by atoms with van der Waals surface area (Å²) < 4.78 is 5.08. The number of carboxylic acid groups (broad SMARTS) is 1. The Morgan fingerprint density at radius 3 is 2.72 bits per heavy atom. The molecule has 0 aromatic carbocycles. The molecule has 1 aliphatic heterocycles. The second-order valence-electron chi connectivity index (χ2n) is 4.12. The standard InChI is InChI=1S/C11H20N2O5/c1-2-3-12(4-6-14)11(17)13-5-7-18-8-9(13)10(15)16/h9,14H,2-8H2,1H3,(H,15,16). The number of urea groups is 1. The highest BCUT2D eigenvalue weighted by Crippen LogP contribution is 2.11. The molecule has 0 bridgehead atoms. The first-order valence-corrected chi connectivity index (χ1v) is 6.08. The average Bonchev–Trinajstić information content (AvgIpc) is 2.37. The Bertz CT molecular complexity index is 291. The molecule has 0 radical (unpaired) electrons. The van der Waals surface area contributed by atoms with E-state index in [1.807, 2.05) is 6.92 Å². The lowest BCUT2D eigenvalue weighted by Gasteiger charge is -2.36. The monoisotopic (exact) mass is 260 g/mol. The van der Waals surface area contributed by atoms with E-state index in [4.69, 9.17) is 14.9 Å². The number of aliphatic hydroxyl groups is 1. The summed E-state index contributed by atoms with van der Waals surface area (Å²) >= 11 is 0. The first kappa shape index (κ1) is 14.7. The van der Waals surface area contributed by atoms with Crippen molar-refractivity contribution in [2.75, 3.05) is 39.5 Å². The minimum Gasteiger partial charge on any atom is -0.480 e. The summed E-state index contributed by atoms with van der Waals surface area (Å²) in [5, 5.41) is 18.0. The average molecular weight is 260 g/mol. The zero-order valence-electron chi connectivity index (χ0n) is 10.5. The van der Waals surface area contributed by atoms with Gasteiger partial charge in [0.15, 0.2) is 6.04 Å². The van der Waals surface area contributed by atoms with Gasteiger partial charge in [0.1, 0.15) is 0 Å². The van der Waals surface area contributed by atoms with Crippen molar-refractivity contribution in [2.45, 2.75) is 19.4 Å². The first-order chi connectivity index (χ1) is 8.61. The van der Waals surface area contributed by atoms with Gasteiger partial charge in [-0.15, -0.1) is 0 Å². The number of aliphatic carboxylic acids is 1. The molecule has 0 aromatic rings. The molecule has 1 fully saturated rings. The largest absolute Gasteiger partial charge is 0.480 e. The molecular formula is C11H20N2O5. The van der Waals surface area contributed by atoms with E-state index in [1.54, 1.807) is 0 Å². The molecule has 2 amide bonds. The van der Waals surface area contributed by atoms with Crippen LogP contribution in [-0.4, -0.2) is 77.5 Å². The fourth-order valence-electron chi connectivity index (χ4n) is 1.91. The second kappa shape index (κ2) is 7.17. The van der Waals surface area contributed by atoms with Crippen molar-refractivity contribution in [2.24, 2.45) is 0 Å². The second-order valence-corrected chi connectivity index (χ2v) is 4.12. The molecule has 18 heavy (non-hydrogen) atoms. The van der Waals surface area contributed by atoms with Gasteiger partial charge in [-0.3, -0.25) is 0 Å². The number of nitrogens with zero attached hydrogens (tertiary/aromatic N) is 2. The molecule has 1 heterocycles. The van der Waals surface area contributed by atoms with Gasteiger partial charge in [0.2, 0.25) is 0 Å². The minimum absolute atomic E-state index is 0.0141. The maximum atomic E-state index is 12.2. The normalized spacial score (nSPS) is 19.7. The number of carboxylic acids is 1. The molecule has 1 saturated heterocycles. The van der Waals surface area contributed by atoms with Crippen LogP contribution in [0.15, 0.2) is 0 Å². The number of hydrogen-bond acceptors (Lipinski definition) is 4. The Morgan fingerprint density at radius 1 is 1.44 bits per heavy atom. The Balaban J connectivity index is 2.73. The van der Waals surface area contributed by atoms with Gasteiger partial charge in [-0.05, 0) is 6.42 Å². The quantitative estimate of drug-likeness (QED) is 0.701. The van der Waals surface area contributed by atoms with Crippen LogP contribution in [0.3, 0.4) is 0 Å². The van der Waals surface area contributed by atoms with E-state index < -0.39 is 12.0 Å². The molecule has 0 saturated carbocycles. The van der Waals surface area contributed by atoms with Crippen LogP contribution in [0.4, 0.5) is 4.79 Å². The summed E-state index contributed by atoms with van der Waals surface area (Å²) in [6.45, 7) is 3.13. The molecule has 1 unspecified atom stereocenters. The zero-order chi connectivity index (χ0) is 13.5. The molecule has 0 aliphatic carbocycles. The molecule has 104 valence electrons.